The molecule has 2 N–H and O–H groups in total. The molecular formula is C21H38O10. The van der Waals surface area contributed by atoms with Crippen LogP contribution in [0.2, 0.25) is 0 Å². The maximum absolute atomic E-state index is 10.2. The van der Waals surface area contributed by atoms with Gasteiger partial charge in [-0.25, -0.2) is 0 Å². The molecule has 0 unspecified atom stereocenters. The van der Waals surface area contributed by atoms with E-state index in [1.54, 1.807) is 28.3 Å². The highest BCUT2D eigenvalue weighted by Gasteiger charge is 2.45. The van der Waals surface area contributed by atoms with Crippen LogP contribution in [0.4, 0.5) is 0 Å². The lowest BCUT2D eigenvalue weighted by atomic mass is 9.99. The van der Waals surface area contributed by atoms with Crippen LogP contribution in [0.1, 0.15) is 40.0 Å². The Morgan fingerprint density at radius 1 is 0.613 bits per heavy atom. The number of aliphatic hydroxyl groups excluding tert-OH is 2. The summed E-state index contributed by atoms with van der Waals surface area (Å²) in [6.07, 6.45) is -4.26. The van der Waals surface area contributed by atoms with Gasteiger partial charge in [-0.05, 0) is 20.8 Å². The second-order valence-electron chi connectivity index (χ2n) is 8.56. The smallest absolute Gasteiger partial charge is 0.161 e. The average molecular weight is 451 g/mol. The lowest BCUT2D eigenvalue weighted by molar-refractivity contribution is -0.334. The topological polar surface area (TPSA) is 114 Å². The van der Waals surface area contributed by atoms with E-state index in [2.05, 4.69) is 0 Å². The summed E-state index contributed by atoms with van der Waals surface area (Å²) in [4.78, 5) is 0. The Labute approximate surface area is 184 Å². The molecule has 0 aromatic carbocycles. The Kier molecular flexibility index (Phi) is 9.07. The molecule has 3 heterocycles. The van der Waals surface area contributed by atoms with Crippen LogP contribution in [-0.4, -0.2) is 105 Å². The van der Waals surface area contributed by atoms with Crippen LogP contribution < -0.4 is 0 Å². The van der Waals surface area contributed by atoms with E-state index in [0.717, 1.165) is 0 Å². The number of methoxy groups -OCH3 is 3. The van der Waals surface area contributed by atoms with Crippen molar-refractivity contribution in [2.24, 2.45) is 0 Å². The van der Waals surface area contributed by atoms with Gasteiger partial charge in [0.2, 0.25) is 0 Å². The van der Waals surface area contributed by atoms with Gasteiger partial charge in [0.1, 0.15) is 18.3 Å². The normalized spacial score (nSPS) is 49.2. The van der Waals surface area contributed by atoms with Crippen molar-refractivity contribution < 1.29 is 48.1 Å². The van der Waals surface area contributed by atoms with Crippen molar-refractivity contribution in [2.75, 3.05) is 21.3 Å². The van der Waals surface area contributed by atoms with E-state index in [9.17, 15) is 10.2 Å². The van der Waals surface area contributed by atoms with Crippen LogP contribution in [0, 0.1) is 0 Å². The third kappa shape index (κ3) is 5.94. The fourth-order valence-corrected chi connectivity index (χ4v) is 4.64. The van der Waals surface area contributed by atoms with E-state index in [4.69, 9.17) is 37.9 Å². The number of hydrogen-bond acceptors (Lipinski definition) is 10. The SMILES string of the molecule is CO[C@H]1C[C@@H](O)O[C@H](C)[C@@H]1O[C@H]1C[C@H](OC)[C@H](O[C@H]2C[C@@H](OC)[C@@H](O)[C@@H](C)O2)[C@@H](C)O1. The Morgan fingerprint density at radius 3 is 1.61 bits per heavy atom. The quantitative estimate of drug-likeness (QED) is 0.570. The third-order valence-electron chi connectivity index (χ3n) is 6.43. The first-order chi connectivity index (χ1) is 14.8. The minimum Gasteiger partial charge on any atom is -0.388 e. The van der Waals surface area contributed by atoms with E-state index >= 15 is 0 Å². The summed E-state index contributed by atoms with van der Waals surface area (Å²) in [5, 5.41) is 20.0. The van der Waals surface area contributed by atoms with Crippen molar-refractivity contribution in [2.45, 2.75) is 114 Å². The summed E-state index contributed by atoms with van der Waals surface area (Å²) in [5.74, 6) is 0. The molecule has 3 fully saturated rings. The van der Waals surface area contributed by atoms with Gasteiger partial charge in [-0.1, -0.05) is 0 Å². The van der Waals surface area contributed by atoms with Gasteiger partial charge in [-0.2, -0.15) is 0 Å². The predicted octanol–water partition coefficient (Wildman–Crippen LogP) is 0.560. The molecule has 3 aliphatic rings. The minimum absolute atomic E-state index is 0.285. The zero-order chi connectivity index (χ0) is 22.7. The molecule has 10 heteroatoms. The Balaban J connectivity index is 1.60. The van der Waals surface area contributed by atoms with E-state index in [1.807, 2.05) is 13.8 Å². The van der Waals surface area contributed by atoms with Crippen molar-refractivity contribution >= 4 is 0 Å². The largest absolute Gasteiger partial charge is 0.388 e. The van der Waals surface area contributed by atoms with Crippen molar-refractivity contribution in [1.29, 1.82) is 0 Å². The molecule has 3 rings (SSSR count). The van der Waals surface area contributed by atoms with Gasteiger partial charge in [0.25, 0.3) is 0 Å². The Morgan fingerprint density at radius 2 is 1.06 bits per heavy atom. The summed E-state index contributed by atoms with van der Waals surface area (Å²) in [7, 11) is 4.79. The van der Waals surface area contributed by atoms with Crippen LogP contribution in [0.5, 0.6) is 0 Å². The van der Waals surface area contributed by atoms with Gasteiger partial charge in [0.05, 0.1) is 36.6 Å². The summed E-state index contributed by atoms with van der Waals surface area (Å²) < 4.78 is 46.4. The molecular weight excluding hydrogens is 412 g/mol. The van der Waals surface area contributed by atoms with E-state index in [1.165, 1.54) is 0 Å². The monoisotopic (exact) mass is 450 g/mol. The molecule has 0 aromatic heterocycles. The highest BCUT2D eigenvalue weighted by molar-refractivity contribution is 4.88. The van der Waals surface area contributed by atoms with Crippen LogP contribution in [-0.2, 0) is 37.9 Å². The van der Waals surface area contributed by atoms with Crippen molar-refractivity contribution in [1.82, 2.24) is 0 Å². The lowest BCUT2D eigenvalue weighted by Crippen LogP contribution is -2.56. The van der Waals surface area contributed by atoms with Crippen LogP contribution in [0.15, 0.2) is 0 Å². The number of rotatable bonds is 7. The molecule has 12 atom stereocenters. The third-order valence-corrected chi connectivity index (χ3v) is 6.43. The minimum atomic E-state index is -0.872. The molecule has 0 aliphatic carbocycles. The first-order valence-corrected chi connectivity index (χ1v) is 11.0. The average Bonchev–Trinajstić information content (AvgIpc) is 2.73. The molecule has 0 spiro atoms. The van der Waals surface area contributed by atoms with Gasteiger partial charge < -0.3 is 48.1 Å². The van der Waals surface area contributed by atoms with Crippen molar-refractivity contribution in [3.63, 3.8) is 0 Å². The van der Waals surface area contributed by atoms with Gasteiger partial charge in [0.15, 0.2) is 18.9 Å². The lowest BCUT2D eigenvalue weighted by Gasteiger charge is -2.45. The maximum Gasteiger partial charge on any atom is 0.161 e. The summed E-state index contributed by atoms with van der Waals surface area (Å²) >= 11 is 0. The Hall–Kier alpha value is -0.400. The summed E-state index contributed by atoms with van der Waals surface area (Å²) in [6, 6.07) is 0. The second-order valence-corrected chi connectivity index (χ2v) is 8.56. The molecule has 0 aromatic rings. The van der Waals surface area contributed by atoms with Gasteiger partial charge in [-0.15, -0.1) is 0 Å². The van der Waals surface area contributed by atoms with Crippen LogP contribution >= 0.6 is 0 Å². The molecule has 0 saturated carbocycles. The van der Waals surface area contributed by atoms with Crippen molar-refractivity contribution in [3.05, 3.63) is 0 Å². The van der Waals surface area contributed by atoms with E-state index in [-0.39, 0.29) is 42.7 Å². The number of ether oxygens (including phenoxy) is 8. The van der Waals surface area contributed by atoms with E-state index < -0.39 is 31.1 Å². The predicted molar refractivity (Wildman–Crippen MR) is 107 cm³/mol. The number of aliphatic hydroxyl groups is 2. The van der Waals surface area contributed by atoms with Gasteiger partial charge in [-0.3, -0.25) is 0 Å². The first kappa shape index (κ1) is 25.2. The molecule has 0 radical (unpaired) electrons. The molecule has 3 aliphatic heterocycles. The van der Waals surface area contributed by atoms with Crippen molar-refractivity contribution in [3.8, 4) is 0 Å². The molecule has 182 valence electrons. The highest BCUT2D eigenvalue weighted by atomic mass is 16.7. The second kappa shape index (κ2) is 11.1. The van der Waals surface area contributed by atoms with Crippen LogP contribution in [0.25, 0.3) is 0 Å². The standard InChI is InChI=1S/C21H38O10/c1-10-19(23)13(24-4)8-17(28-10)30-21-12(3)29-18(9-15(21)26-6)31-20-11(2)27-16(22)7-14(20)25-5/h10-23H,7-9H2,1-6H3/t10-,11-,12-,13-,14+,15+,16+,17+,18+,19+,20+,21-/m1/s1. The molecule has 0 bridgehead atoms. The highest BCUT2D eigenvalue weighted by Crippen LogP contribution is 2.33. The maximum atomic E-state index is 10.2. The molecule has 0 amide bonds. The fraction of sp³-hybridized carbons (Fsp3) is 1.00. The van der Waals surface area contributed by atoms with Gasteiger partial charge in [0, 0.05) is 40.6 Å². The zero-order valence-corrected chi connectivity index (χ0v) is 19.2. The van der Waals surface area contributed by atoms with Crippen LogP contribution in [0.3, 0.4) is 0 Å². The summed E-state index contributed by atoms with van der Waals surface area (Å²) in [5.41, 5.74) is 0. The van der Waals surface area contributed by atoms with E-state index in [0.29, 0.717) is 19.3 Å². The number of hydrogen-bond donors (Lipinski definition) is 2. The zero-order valence-electron chi connectivity index (χ0n) is 19.2. The molecule has 3 saturated heterocycles. The van der Waals surface area contributed by atoms with Gasteiger partial charge >= 0.3 is 0 Å². The Bertz CT molecular complexity index is 550. The first-order valence-electron chi connectivity index (χ1n) is 11.0. The fourth-order valence-electron chi connectivity index (χ4n) is 4.64. The molecule has 31 heavy (non-hydrogen) atoms. The summed E-state index contributed by atoms with van der Waals surface area (Å²) in [6.45, 7) is 5.54. The molecule has 10 nitrogen and oxygen atoms in total.